The molecule has 1 saturated heterocycles. The van der Waals surface area contributed by atoms with E-state index in [1.165, 1.54) is 0 Å². The van der Waals surface area contributed by atoms with Gasteiger partial charge in [0.25, 0.3) is 0 Å². The highest BCUT2D eigenvalue weighted by Crippen LogP contribution is 2.34. The molecule has 0 bridgehead atoms. The van der Waals surface area contributed by atoms with E-state index in [1.807, 2.05) is 12.1 Å². The van der Waals surface area contributed by atoms with Gasteiger partial charge in [-0.1, -0.05) is 0 Å². The zero-order valence-corrected chi connectivity index (χ0v) is 11.8. The first-order valence-corrected chi connectivity index (χ1v) is 6.30. The van der Waals surface area contributed by atoms with Crippen molar-refractivity contribution in [1.29, 1.82) is 0 Å². The fourth-order valence-corrected chi connectivity index (χ4v) is 2.54. The minimum absolute atomic E-state index is 0.184. The van der Waals surface area contributed by atoms with E-state index >= 15 is 0 Å². The number of hydrazine groups is 1. The van der Waals surface area contributed by atoms with E-state index in [0.717, 1.165) is 5.56 Å². The number of rotatable bonds is 5. The molecule has 1 fully saturated rings. The van der Waals surface area contributed by atoms with Crippen molar-refractivity contribution in [3.8, 4) is 11.8 Å². The number of methoxy groups -OCH3 is 3. The summed E-state index contributed by atoms with van der Waals surface area (Å²) in [4.78, 5) is 4.34. The first kappa shape index (κ1) is 14.0. The summed E-state index contributed by atoms with van der Waals surface area (Å²) in [5.41, 5.74) is 7.54. The molecule has 0 aromatic carbocycles. The van der Waals surface area contributed by atoms with E-state index in [9.17, 15) is 0 Å². The summed E-state index contributed by atoms with van der Waals surface area (Å²) in [5.74, 6) is 1.38. The van der Waals surface area contributed by atoms with E-state index in [-0.39, 0.29) is 18.0 Å². The van der Waals surface area contributed by atoms with Crippen LogP contribution in [0.5, 0.6) is 11.8 Å². The van der Waals surface area contributed by atoms with Gasteiger partial charge in [0, 0.05) is 30.7 Å². The Morgan fingerprint density at radius 2 is 1.95 bits per heavy atom. The molecule has 3 atom stereocenters. The van der Waals surface area contributed by atoms with Crippen LogP contribution in [0.1, 0.15) is 18.4 Å². The quantitative estimate of drug-likeness (QED) is 0.818. The first-order valence-electron chi connectivity index (χ1n) is 6.30. The standard InChI is InChI=1S/C13H21N3O3/c1-8-12(10(7-17-2)16-15-8)9-5-6-11(18-3)14-13(9)19-4/h5-6,8,10,12,15-16H,7H2,1-4H3. The number of ether oxygens (including phenoxy) is 3. The molecule has 1 aromatic heterocycles. The fourth-order valence-electron chi connectivity index (χ4n) is 2.54. The monoisotopic (exact) mass is 267 g/mol. The van der Waals surface area contributed by atoms with Crippen molar-refractivity contribution >= 4 is 0 Å². The van der Waals surface area contributed by atoms with Crippen LogP contribution in [-0.2, 0) is 4.74 Å². The molecule has 1 aromatic rings. The third kappa shape index (κ3) is 2.80. The summed E-state index contributed by atoms with van der Waals surface area (Å²) >= 11 is 0. The minimum atomic E-state index is 0.184. The van der Waals surface area contributed by atoms with Gasteiger partial charge in [-0.05, 0) is 13.0 Å². The Labute approximate surface area is 113 Å². The summed E-state index contributed by atoms with van der Waals surface area (Å²) < 4.78 is 15.8. The predicted octanol–water partition coefficient (Wildman–Crippen LogP) is 0.694. The predicted molar refractivity (Wildman–Crippen MR) is 71.5 cm³/mol. The van der Waals surface area contributed by atoms with E-state index in [0.29, 0.717) is 18.4 Å². The molecule has 106 valence electrons. The van der Waals surface area contributed by atoms with Gasteiger partial charge in [0.15, 0.2) is 0 Å². The van der Waals surface area contributed by atoms with Crippen molar-refractivity contribution in [1.82, 2.24) is 15.8 Å². The maximum atomic E-state index is 5.39. The van der Waals surface area contributed by atoms with Gasteiger partial charge in [-0.3, -0.25) is 10.9 Å². The second kappa shape index (κ2) is 6.18. The molecule has 1 aliphatic heterocycles. The van der Waals surface area contributed by atoms with Crippen LogP contribution in [0.15, 0.2) is 12.1 Å². The largest absolute Gasteiger partial charge is 0.481 e. The molecule has 0 aliphatic carbocycles. The number of hydrogen-bond donors (Lipinski definition) is 2. The van der Waals surface area contributed by atoms with E-state index in [2.05, 4.69) is 22.8 Å². The molecule has 3 unspecified atom stereocenters. The Bertz CT molecular complexity index is 426. The van der Waals surface area contributed by atoms with Gasteiger partial charge in [-0.25, -0.2) is 0 Å². The Hall–Kier alpha value is -1.37. The maximum absolute atomic E-state index is 5.39. The number of pyridine rings is 1. The molecule has 6 nitrogen and oxygen atoms in total. The topological polar surface area (TPSA) is 64.6 Å². The molecule has 0 radical (unpaired) electrons. The van der Waals surface area contributed by atoms with Gasteiger partial charge in [-0.15, -0.1) is 0 Å². The van der Waals surface area contributed by atoms with E-state index in [4.69, 9.17) is 14.2 Å². The molecular weight excluding hydrogens is 246 g/mol. The number of hydrogen-bond acceptors (Lipinski definition) is 6. The molecule has 6 heteroatoms. The number of nitrogens with zero attached hydrogens (tertiary/aromatic N) is 1. The maximum Gasteiger partial charge on any atom is 0.219 e. The third-order valence-corrected chi connectivity index (χ3v) is 3.44. The summed E-state index contributed by atoms with van der Waals surface area (Å²) in [5, 5.41) is 0. The SMILES string of the molecule is COCC1NNC(C)C1c1ccc(OC)nc1OC. The van der Waals surface area contributed by atoms with Crippen molar-refractivity contribution in [2.75, 3.05) is 27.9 Å². The van der Waals surface area contributed by atoms with Crippen molar-refractivity contribution in [2.24, 2.45) is 0 Å². The summed E-state index contributed by atoms with van der Waals surface area (Å²) in [6, 6.07) is 4.31. The normalized spacial score (nSPS) is 26.4. The lowest BCUT2D eigenvalue weighted by Crippen LogP contribution is -2.35. The second-order valence-electron chi connectivity index (χ2n) is 4.62. The smallest absolute Gasteiger partial charge is 0.219 e. The molecule has 0 saturated carbocycles. The number of nitrogens with one attached hydrogen (secondary N) is 2. The lowest BCUT2D eigenvalue weighted by molar-refractivity contribution is 0.165. The van der Waals surface area contributed by atoms with Crippen molar-refractivity contribution in [2.45, 2.75) is 24.9 Å². The fraction of sp³-hybridized carbons (Fsp3) is 0.615. The van der Waals surface area contributed by atoms with Crippen LogP contribution in [0.4, 0.5) is 0 Å². The summed E-state index contributed by atoms with van der Waals surface area (Å²) in [7, 11) is 4.92. The molecule has 2 rings (SSSR count). The minimum Gasteiger partial charge on any atom is -0.481 e. The molecule has 0 amide bonds. The van der Waals surface area contributed by atoms with Gasteiger partial charge >= 0.3 is 0 Å². The van der Waals surface area contributed by atoms with Crippen LogP contribution >= 0.6 is 0 Å². The van der Waals surface area contributed by atoms with E-state index in [1.54, 1.807) is 21.3 Å². The Morgan fingerprint density at radius 3 is 2.58 bits per heavy atom. The molecule has 0 spiro atoms. The summed E-state index contributed by atoms with van der Waals surface area (Å²) in [6.45, 7) is 2.74. The Balaban J connectivity index is 2.33. The highest BCUT2D eigenvalue weighted by Gasteiger charge is 2.36. The first-order chi connectivity index (χ1) is 9.21. The lowest BCUT2D eigenvalue weighted by atomic mass is 9.89. The van der Waals surface area contributed by atoms with Crippen LogP contribution < -0.4 is 20.3 Å². The van der Waals surface area contributed by atoms with Crippen LogP contribution in [0.25, 0.3) is 0 Å². The molecule has 1 aliphatic rings. The summed E-state index contributed by atoms with van der Waals surface area (Å²) in [6.07, 6.45) is 0. The highest BCUT2D eigenvalue weighted by atomic mass is 16.5. The molecule has 2 N–H and O–H groups in total. The molecular formula is C13H21N3O3. The highest BCUT2D eigenvalue weighted by molar-refractivity contribution is 5.36. The van der Waals surface area contributed by atoms with Gasteiger partial charge in [0.2, 0.25) is 11.8 Å². The van der Waals surface area contributed by atoms with Crippen LogP contribution in [0.3, 0.4) is 0 Å². The zero-order chi connectivity index (χ0) is 13.8. The van der Waals surface area contributed by atoms with Gasteiger partial charge in [0.1, 0.15) is 0 Å². The lowest BCUT2D eigenvalue weighted by Gasteiger charge is -2.22. The average molecular weight is 267 g/mol. The van der Waals surface area contributed by atoms with Crippen molar-refractivity contribution in [3.63, 3.8) is 0 Å². The second-order valence-corrected chi connectivity index (χ2v) is 4.62. The van der Waals surface area contributed by atoms with E-state index < -0.39 is 0 Å². The average Bonchev–Trinajstić information content (AvgIpc) is 2.79. The van der Waals surface area contributed by atoms with Crippen molar-refractivity contribution in [3.05, 3.63) is 17.7 Å². The Morgan fingerprint density at radius 1 is 1.16 bits per heavy atom. The Kier molecular flexibility index (Phi) is 4.57. The number of aromatic nitrogens is 1. The van der Waals surface area contributed by atoms with Crippen LogP contribution in [-0.4, -0.2) is 45.0 Å². The van der Waals surface area contributed by atoms with Crippen LogP contribution in [0, 0.1) is 0 Å². The zero-order valence-electron chi connectivity index (χ0n) is 11.8. The molecule has 19 heavy (non-hydrogen) atoms. The third-order valence-electron chi connectivity index (χ3n) is 3.44. The van der Waals surface area contributed by atoms with Gasteiger partial charge in [-0.2, -0.15) is 4.98 Å². The van der Waals surface area contributed by atoms with Gasteiger partial charge < -0.3 is 14.2 Å². The van der Waals surface area contributed by atoms with Crippen molar-refractivity contribution < 1.29 is 14.2 Å². The van der Waals surface area contributed by atoms with Crippen LogP contribution in [0.2, 0.25) is 0 Å². The molecule has 2 heterocycles. The van der Waals surface area contributed by atoms with Gasteiger partial charge in [0.05, 0.1) is 26.9 Å².